The first-order valence-corrected chi connectivity index (χ1v) is 7.69. The van der Waals surface area contributed by atoms with Crippen LogP contribution in [0.5, 0.6) is 11.5 Å². The van der Waals surface area contributed by atoms with Crippen LogP contribution in [0.4, 0.5) is 5.69 Å². The van der Waals surface area contributed by atoms with Crippen LogP contribution in [0.15, 0.2) is 30.4 Å². The minimum Gasteiger partial charge on any atom is -0.454 e. The van der Waals surface area contributed by atoms with Gasteiger partial charge in [-0.3, -0.25) is 9.59 Å². The van der Waals surface area contributed by atoms with E-state index in [2.05, 4.69) is 11.4 Å². The number of fused-ring (bicyclic) bond motifs is 1. The number of benzene rings is 1. The van der Waals surface area contributed by atoms with Crippen LogP contribution in [0.2, 0.25) is 0 Å². The summed E-state index contributed by atoms with van der Waals surface area (Å²) in [5.41, 5.74) is 0.572. The highest BCUT2D eigenvalue weighted by Crippen LogP contribution is 2.34. The van der Waals surface area contributed by atoms with Gasteiger partial charge in [-0.05, 0) is 38.3 Å². The predicted octanol–water partition coefficient (Wildman–Crippen LogP) is 2.64. The first-order valence-electron chi connectivity index (χ1n) is 7.69. The average Bonchev–Trinajstić information content (AvgIpc) is 3.03. The topological polar surface area (TPSA) is 73.9 Å². The number of nitrogens with one attached hydrogen (secondary N) is 1. The predicted molar refractivity (Wildman–Crippen MR) is 83.2 cm³/mol. The minimum absolute atomic E-state index is 0.152. The van der Waals surface area contributed by atoms with Crippen LogP contribution in [-0.4, -0.2) is 24.8 Å². The summed E-state index contributed by atoms with van der Waals surface area (Å²) in [6.07, 6.45) is 5.50. The van der Waals surface area contributed by atoms with Crippen LogP contribution in [0.3, 0.4) is 0 Å². The van der Waals surface area contributed by atoms with E-state index in [1.807, 2.05) is 6.08 Å². The summed E-state index contributed by atoms with van der Waals surface area (Å²) in [7, 11) is 0. The molecule has 6 nitrogen and oxygen atoms in total. The van der Waals surface area contributed by atoms with E-state index < -0.39 is 6.10 Å². The van der Waals surface area contributed by atoms with Crippen LogP contribution in [0, 0.1) is 5.92 Å². The molecule has 1 aromatic carbocycles. The number of hydrogen-bond acceptors (Lipinski definition) is 5. The normalized spacial score (nSPS) is 20.0. The van der Waals surface area contributed by atoms with Gasteiger partial charge in [0.25, 0.3) is 5.91 Å². The Morgan fingerprint density at radius 1 is 1.26 bits per heavy atom. The van der Waals surface area contributed by atoms with Gasteiger partial charge in [-0.2, -0.15) is 0 Å². The van der Waals surface area contributed by atoms with E-state index in [1.165, 1.54) is 0 Å². The van der Waals surface area contributed by atoms with Crippen molar-refractivity contribution in [1.29, 1.82) is 0 Å². The fourth-order valence-corrected chi connectivity index (χ4v) is 2.55. The molecule has 0 saturated carbocycles. The van der Waals surface area contributed by atoms with Gasteiger partial charge in [-0.1, -0.05) is 12.2 Å². The van der Waals surface area contributed by atoms with E-state index in [1.54, 1.807) is 25.1 Å². The third-order valence-corrected chi connectivity index (χ3v) is 3.90. The minimum atomic E-state index is -0.848. The number of ether oxygens (including phenoxy) is 3. The lowest BCUT2D eigenvalue weighted by molar-refractivity contribution is -0.157. The van der Waals surface area contributed by atoms with Crippen LogP contribution in [-0.2, 0) is 14.3 Å². The Morgan fingerprint density at radius 2 is 2.09 bits per heavy atom. The molecule has 0 saturated heterocycles. The van der Waals surface area contributed by atoms with E-state index in [0.717, 1.165) is 12.8 Å². The zero-order chi connectivity index (χ0) is 16.2. The summed E-state index contributed by atoms with van der Waals surface area (Å²) in [5, 5.41) is 2.71. The molecule has 0 bridgehead atoms. The van der Waals surface area contributed by atoms with Crippen molar-refractivity contribution in [3.8, 4) is 11.5 Å². The van der Waals surface area contributed by atoms with Crippen molar-refractivity contribution in [2.24, 2.45) is 5.92 Å². The molecule has 2 aliphatic rings. The van der Waals surface area contributed by atoms with Gasteiger partial charge in [0.05, 0.1) is 5.92 Å². The van der Waals surface area contributed by atoms with Gasteiger partial charge >= 0.3 is 5.97 Å². The number of anilines is 1. The second kappa shape index (κ2) is 6.73. The van der Waals surface area contributed by atoms with Gasteiger partial charge < -0.3 is 19.5 Å². The largest absolute Gasteiger partial charge is 0.454 e. The monoisotopic (exact) mass is 317 g/mol. The number of carbonyl (C=O) groups excluding carboxylic acids is 2. The average molecular weight is 317 g/mol. The Hall–Kier alpha value is -2.50. The molecule has 3 rings (SSSR count). The molecule has 122 valence electrons. The van der Waals surface area contributed by atoms with E-state index in [4.69, 9.17) is 14.2 Å². The molecule has 0 spiro atoms. The number of rotatable bonds is 4. The van der Waals surface area contributed by atoms with Gasteiger partial charge in [0.1, 0.15) is 0 Å². The standard InChI is InChI=1S/C17H19NO5/c1-11(23-17(20)12-5-3-2-4-6-12)16(19)18-13-7-8-14-15(9-13)22-10-21-14/h2-3,7-9,11-12H,4-6,10H2,1H3,(H,18,19)/t11-,12+/m0/s1. The molecule has 1 N–H and O–H groups in total. The van der Waals surface area contributed by atoms with Crippen LogP contribution in [0.25, 0.3) is 0 Å². The lowest BCUT2D eigenvalue weighted by Gasteiger charge is -2.19. The summed E-state index contributed by atoms with van der Waals surface area (Å²) >= 11 is 0. The third-order valence-electron chi connectivity index (χ3n) is 3.90. The molecule has 1 heterocycles. The fraction of sp³-hybridized carbons (Fsp3) is 0.412. The smallest absolute Gasteiger partial charge is 0.310 e. The van der Waals surface area contributed by atoms with Crippen molar-refractivity contribution in [3.05, 3.63) is 30.4 Å². The summed E-state index contributed by atoms with van der Waals surface area (Å²) in [6.45, 7) is 1.75. The highest BCUT2D eigenvalue weighted by molar-refractivity contribution is 5.95. The van der Waals surface area contributed by atoms with Crippen molar-refractivity contribution in [2.45, 2.75) is 32.3 Å². The highest BCUT2D eigenvalue weighted by atomic mass is 16.7. The first-order chi connectivity index (χ1) is 11.1. The SMILES string of the molecule is C[C@H](OC(=O)[C@@H]1CC=CCC1)C(=O)Nc1ccc2c(c1)OCO2. The van der Waals surface area contributed by atoms with Crippen molar-refractivity contribution in [3.63, 3.8) is 0 Å². The maximum Gasteiger partial charge on any atom is 0.310 e. The zero-order valence-electron chi connectivity index (χ0n) is 12.9. The lowest BCUT2D eigenvalue weighted by Crippen LogP contribution is -2.32. The number of carbonyl (C=O) groups is 2. The molecular weight excluding hydrogens is 298 g/mol. The quantitative estimate of drug-likeness (QED) is 0.682. The number of hydrogen-bond donors (Lipinski definition) is 1. The number of amides is 1. The molecule has 0 radical (unpaired) electrons. The van der Waals surface area contributed by atoms with Crippen LogP contribution >= 0.6 is 0 Å². The van der Waals surface area contributed by atoms with Crippen molar-refractivity contribution < 1.29 is 23.8 Å². The number of esters is 1. The summed E-state index contributed by atoms with van der Waals surface area (Å²) in [5.74, 6) is 0.390. The van der Waals surface area contributed by atoms with Gasteiger partial charge in [0, 0.05) is 11.8 Å². The summed E-state index contributed by atoms with van der Waals surface area (Å²) in [4.78, 5) is 24.2. The Morgan fingerprint density at radius 3 is 2.87 bits per heavy atom. The fourth-order valence-electron chi connectivity index (χ4n) is 2.55. The van der Waals surface area contributed by atoms with Crippen LogP contribution in [0.1, 0.15) is 26.2 Å². The van der Waals surface area contributed by atoms with Crippen molar-refractivity contribution >= 4 is 17.6 Å². The number of allylic oxidation sites excluding steroid dienone is 2. The molecular formula is C17H19NO5. The van der Waals surface area contributed by atoms with Gasteiger partial charge in [0.15, 0.2) is 17.6 Å². The van der Waals surface area contributed by atoms with E-state index in [-0.39, 0.29) is 24.6 Å². The highest BCUT2D eigenvalue weighted by Gasteiger charge is 2.25. The zero-order valence-corrected chi connectivity index (χ0v) is 12.9. The van der Waals surface area contributed by atoms with Crippen LogP contribution < -0.4 is 14.8 Å². The van der Waals surface area contributed by atoms with Gasteiger partial charge in [-0.25, -0.2) is 0 Å². The molecule has 0 fully saturated rings. The Labute approximate surface area is 134 Å². The molecule has 1 aliphatic carbocycles. The van der Waals surface area contributed by atoms with E-state index >= 15 is 0 Å². The molecule has 6 heteroatoms. The molecule has 2 atom stereocenters. The summed E-state index contributed by atoms with van der Waals surface area (Å²) in [6, 6.07) is 5.12. The Balaban J connectivity index is 1.55. The lowest BCUT2D eigenvalue weighted by atomic mass is 9.95. The third kappa shape index (κ3) is 3.64. The molecule has 1 aliphatic heterocycles. The maximum absolute atomic E-state index is 12.2. The molecule has 23 heavy (non-hydrogen) atoms. The van der Waals surface area contributed by atoms with Gasteiger partial charge in [-0.15, -0.1) is 0 Å². The molecule has 0 aromatic heterocycles. The van der Waals surface area contributed by atoms with Crippen molar-refractivity contribution in [1.82, 2.24) is 0 Å². The molecule has 1 aromatic rings. The van der Waals surface area contributed by atoms with Crippen molar-refractivity contribution in [2.75, 3.05) is 12.1 Å². The Kier molecular flexibility index (Phi) is 4.50. The Bertz CT molecular complexity index is 640. The van der Waals surface area contributed by atoms with Gasteiger partial charge in [0.2, 0.25) is 6.79 Å². The first kappa shape index (κ1) is 15.4. The molecule has 0 unspecified atom stereocenters. The van der Waals surface area contributed by atoms with E-state index in [9.17, 15) is 9.59 Å². The molecule has 1 amide bonds. The second-order valence-electron chi connectivity index (χ2n) is 5.62. The summed E-state index contributed by atoms with van der Waals surface area (Å²) < 4.78 is 15.8. The maximum atomic E-state index is 12.2. The van der Waals surface area contributed by atoms with E-state index in [0.29, 0.717) is 23.6 Å². The second-order valence-corrected chi connectivity index (χ2v) is 5.62.